The number of carbonyl (C=O) groups is 1. The molecule has 0 spiro atoms. The number of nitro groups is 1. The number of nitro benzene ring substituents is 1. The van der Waals surface area contributed by atoms with E-state index in [9.17, 15) is 14.9 Å². The lowest BCUT2D eigenvalue weighted by molar-refractivity contribution is -0.385. The summed E-state index contributed by atoms with van der Waals surface area (Å²) >= 11 is 0. The van der Waals surface area contributed by atoms with Gasteiger partial charge in [-0.1, -0.05) is 18.2 Å². The average molecular weight is 367 g/mol. The second kappa shape index (κ2) is 7.49. The first-order valence-electron chi connectivity index (χ1n) is 8.55. The molecule has 0 bridgehead atoms. The minimum Gasteiger partial charge on any atom is -0.467 e. The maximum Gasteiger partial charge on any atom is 0.274 e. The van der Waals surface area contributed by atoms with Gasteiger partial charge in [-0.3, -0.25) is 14.9 Å². The van der Waals surface area contributed by atoms with Crippen molar-refractivity contribution in [3.63, 3.8) is 0 Å². The van der Waals surface area contributed by atoms with Crippen molar-refractivity contribution in [2.24, 2.45) is 0 Å². The van der Waals surface area contributed by atoms with Crippen molar-refractivity contribution in [2.75, 3.05) is 7.05 Å². The van der Waals surface area contributed by atoms with Crippen LogP contribution in [0.25, 0.3) is 0 Å². The molecule has 3 aromatic rings. The maximum absolute atomic E-state index is 12.9. The number of benzene rings is 1. The van der Waals surface area contributed by atoms with Gasteiger partial charge in [-0.15, -0.1) is 0 Å². The summed E-state index contributed by atoms with van der Waals surface area (Å²) < 4.78 is 7.42. The van der Waals surface area contributed by atoms with E-state index in [4.69, 9.17) is 4.42 Å². The zero-order valence-corrected chi connectivity index (χ0v) is 15.5. The van der Waals surface area contributed by atoms with Crippen molar-refractivity contribution >= 4 is 11.6 Å². The van der Waals surface area contributed by atoms with Crippen molar-refractivity contribution in [1.29, 1.82) is 0 Å². The molecular weight excluding hydrogens is 346 g/mol. The number of carbonyl (C=O) groups excluding carboxylic acids is 1. The fourth-order valence-electron chi connectivity index (χ4n) is 3.17. The molecule has 27 heavy (non-hydrogen) atoms. The Bertz CT molecular complexity index is 973. The van der Waals surface area contributed by atoms with Crippen LogP contribution in [0.1, 0.15) is 33.1 Å². The third kappa shape index (κ3) is 3.76. The van der Waals surface area contributed by atoms with Crippen molar-refractivity contribution < 1.29 is 14.1 Å². The fraction of sp³-hybridized carbons (Fsp3) is 0.250. The molecule has 2 aromatic heterocycles. The molecule has 0 fully saturated rings. The van der Waals surface area contributed by atoms with Gasteiger partial charge < -0.3 is 13.9 Å². The van der Waals surface area contributed by atoms with Crippen LogP contribution in [0.15, 0.2) is 53.1 Å². The first kappa shape index (κ1) is 18.4. The van der Waals surface area contributed by atoms with E-state index in [0.717, 1.165) is 17.1 Å². The summed E-state index contributed by atoms with van der Waals surface area (Å²) in [5.74, 6) is 0.635. The monoisotopic (exact) mass is 367 g/mol. The van der Waals surface area contributed by atoms with Crippen molar-refractivity contribution in [3.8, 4) is 0 Å². The van der Waals surface area contributed by atoms with Gasteiger partial charge in [-0.05, 0) is 32.0 Å². The molecule has 0 unspecified atom stereocenters. The zero-order chi connectivity index (χ0) is 19.6. The molecule has 0 saturated carbocycles. The van der Waals surface area contributed by atoms with Gasteiger partial charge in [0.1, 0.15) is 5.76 Å². The summed E-state index contributed by atoms with van der Waals surface area (Å²) in [6.45, 7) is 4.54. The Morgan fingerprint density at radius 3 is 2.63 bits per heavy atom. The van der Waals surface area contributed by atoms with Gasteiger partial charge in [0.05, 0.1) is 29.8 Å². The highest BCUT2D eigenvalue weighted by Gasteiger charge is 2.22. The third-order valence-corrected chi connectivity index (χ3v) is 4.64. The van der Waals surface area contributed by atoms with Crippen LogP contribution in [0.3, 0.4) is 0 Å². The van der Waals surface area contributed by atoms with E-state index in [-0.39, 0.29) is 18.1 Å². The largest absolute Gasteiger partial charge is 0.467 e. The summed E-state index contributed by atoms with van der Waals surface area (Å²) in [5, 5.41) is 11.2. The second-order valence-electron chi connectivity index (χ2n) is 6.50. The standard InChI is InChI=1S/C20H21N3O4/c1-14-11-18(15(2)22(14)13-17-8-6-10-27-17)20(24)21(3)12-16-7-4-5-9-19(16)23(25)26/h4-11H,12-13H2,1-3H3. The lowest BCUT2D eigenvalue weighted by atomic mass is 10.1. The van der Waals surface area contributed by atoms with Crippen molar-refractivity contribution in [2.45, 2.75) is 26.9 Å². The van der Waals surface area contributed by atoms with E-state index in [1.165, 1.54) is 11.0 Å². The molecule has 0 radical (unpaired) electrons. The highest BCUT2D eigenvalue weighted by molar-refractivity contribution is 5.95. The quantitative estimate of drug-likeness (QED) is 0.488. The van der Waals surface area contributed by atoms with Crippen molar-refractivity contribution in [3.05, 3.63) is 87.1 Å². The van der Waals surface area contributed by atoms with Crippen LogP contribution in [-0.2, 0) is 13.1 Å². The molecule has 0 atom stereocenters. The molecule has 0 N–H and O–H groups in total. The Labute approximate surface area is 157 Å². The molecule has 3 rings (SSSR count). The van der Waals surface area contributed by atoms with Gasteiger partial charge in [0.2, 0.25) is 0 Å². The van der Waals surface area contributed by atoms with E-state index < -0.39 is 4.92 Å². The third-order valence-electron chi connectivity index (χ3n) is 4.64. The van der Waals surface area contributed by atoms with Gasteiger partial charge in [0.15, 0.2) is 0 Å². The number of aryl methyl sites for hydroxylation is 1. The molecule has 0 aliphatic heterocycles. The van der Waals surface area contributed by atoms with Gasteiger partial charge in [-0.2, -0.15) is 0 Å². The van der Waals surface area contributed by atoms with Gasteiger partial charge in [0, 0.05) is 30.1 Å². The summed E-state index contributed by atoms with van der Waals surface area (Å²) in [4.78, 5) is 25.2. The lowest BCUT2D eigenvalue weighted by Gasteiger charge is -2.17. The molecule has 2 heterocycles. The normalized spacial score (nSPS) is 10.8. The molecule has 1 aromatic carbocycles. The average Bonchev–Trinajstić information content (AvgIpc) is 3.25. The Kier molecular flexibility index (Phi) is 5.12. The predicted molar refractivity (Wildman–Crippen MR) is 101 cm³/mol. The van der Waals surface area contributed by atoms with Crippen LogP contribution in [0.5, 0.6) is 0 Å². The van der Waals surface area contributed by atoms with Crippen LogP contribution >= 0.6 is 0 Å². The SMILES string of the molecule is Cc1cc(C(=O)N(C)Cc2ccccc2[N+](=O)[O-])c(C)n1Cc1ccco1. The number of furan rings is 1. The highest BCUT2D eigenvalue weighted by Crippen LogP contribution is 2.22. The number of para-hydroxylation sites is 1. The fourth-order valence-corrected chi connectivity index (χ4v) is 3.17. The van der Waals surface area contributed by atoms with Gasteiger partial charge >= 0.3 is 0 Å². The Morgan fingerprint density at radius 1 is 1.22 bits per heavy atom. The van der Waals surface area contributed by atoms with Crippen LogP contribution in [-0.4, -0.2) is 27.3 Å². The molecule has 1 amide bonds. The smallest absolute Gasteiger partial charge is 0.274 e. The summed E-state index contributed by atoms with van der Waals surface area (Å²) in [5.41, 5.74) is 2.89. The van der Waals surface area contributed by atoms with Gasteiger partial charge in [-0.25, -0.2) is 0 Å². The lowest BCUT2D eigenvalue weighted by Crippen LogP contribution is -2.27. The van der Waals surface area contributed by atoms with E-state index >= 15 is 0 Å². The minimum absolute atomic E-state index is 0.0143. The number of rotatable bonds is 6. The van der Waals surface area contributed by atoms with Crippen molar-refractivity contribution in [1.82, 2.24) is 9.47 Å². The summed E-state index contributed by atoms with van der Waals surface area (Å²) in [6.07, 6.45) is 1.62. The first-order chi connectivity index (χ1) is 12.9. The topological polar surface area (TPSA) is 81.5 Å². The number of aromatic nitrogens is 1. The van der Waals surface area contributed by atoms with Gasteiger partial charge in [0.25, 0.3) is 11.6 Å². The molecule has 0 aliphatic rings. The summed E-state index contributed by atoms with van der Waals surface area (Å²) in [6, 6.07) is 12.0. The zero-order valence-electron chi connectivity index (χ0n) is 15.5. The van der Waals surface area contributed by atoms with Crippen LogP contribution < -0.4 is 0 Å². The number of amides is 1. The minimum atomic E-state index is -0.428. The number of hydrogen-bond donors (Lipinski definition) is 0. The van der Waals surface area contributed by atoms with Crippen LogP contribution in [0.4, 0.5) is 5.69 Å². The molecule has 7 heteroatoms. The Hall–Kier alpha value is -3.35. The molecule has 140 valence electrons. The second-order valence-corrected chi connectivity index (χ2v) is 6.50. The van der Waals surface area contributed by atoms with E-state index in [2.05, 4.69) is 0 Å². The van der Waals surface area contributed by atoms with Crippen LogP contribution in [0.2, 0.25) is 0 Å². The molecular formula is C20H21N3O4. The first-order valence-corrected chi connectivity index (χ1v) is 8.55. The highest BCUT2D eigenvalue weighted by atomic mass is 16.6. The summed E-state index contributed by atoms with van der Waals surface area (Å²) in [7, 11) is 1.65. The number of hydrogen-bond acceptors (Lipinski definition) is 4. The van der Waals surface area contributed by atoms with Crippen LogP contribution in [0, 0.1) is 24.0 Å². The molecule has 0 saturated heterocycles. The molecule has 7 nitrogen and oxygen atoms in total. The van der Waals surface area contributed by atoms with E-state index in [1.807, 2.05) is 36.6 Å². The Morgan fingerprint density at radius 2 is 1.96 bits per heavy atom. The Balaban J connectivity index is 1.83. The molecule has 0 aliphatic carbocycles. The number of nitrogens with zero attached hydrogens (tertiary/aromatic N) is 3. The van der Waals surface area contributed by atoms with E-state index in [0.29, 0.717) is 17.7 Å². The van der Waals surface area contributed by atoms with E-state index in [1.54, 1.807) is 31.5 Å². The predicted octanol–water partition coefficient (Wildman–Crippen LogP) is 3.93. The maximum atomic E-state index is 12.9.